The Bertz CT molecular complexity index is 413. The molecule has 1 aliphatic rings. The van der Waals surface area contributed by atoms with E-state index in [1.807, 2.05) is 6.92 Å². The summed E-state index contributed by atoms with van der Waals surface area (Å²) in [6.45, 7) is 5.27. The Hall–Kier alpha value is -1.55. The van der Waals surface area contributed by atoms with Crippen molar-refractivity contribution in [3.63, 3.8) is 0 Å². The molecule has 0 radical (unpaired) electrons. The van der Waals surface area contributed by atoms with Crippen LogP contribution in [0.25, 0.3) is 0 Å². The number of benzene rings is 1. The van der Waals surface area contributed by atoms with Crippen LogP contribution >= 0.6 is 0 Å². The second-order valence-corrected chi connectivity index (χ2v) is 5.01. The van der Waals surface area contributed by atoms with E-state index in [9.17, 15) is 4.79 Å². The highest BCUT2D eigenvalue weighted by atomic mass is 16.1. The number of hydrogen-bond acceptors (Lipinski definition) is 3. The minimum Gasteiger partial charge on any atom is -0.399 e. The lowest BCUT2D eigenvalue weighted by atomic mass is 10.2. The van der Waals surface area contributed by atoms with Gasteiger partial charge in [0.05, 0.1) is 0 Å². The molecule has 1 saturated heterocycles. The zero-order valence-electron chi connectivity index (χ0n) is 10.9. The third-order valence-corrected chi connectivity index (χ3v) is 3.26. The monoisotopic (exact) mass is 247 g/mol. The summed E-state index contributed by atoms with van der Waals surface area (Å²) >= 11 is 0. The van der Waals surface area contributed by atoms with Gasteiger partial charge in [-0.15, -0.1) is 0 Å². The van der Waals surface area contributed by atoms with Crippen molar-refractivity contribution in [2.24, 2.45) is 0 Å². The number of nitrogen functional groups attached to an aromatic ring is 1. The number of amides is 1. The molecule has 0 saturated carbocycles. The van der Waals surface area contributed by atoms with Crippen LogP contribution in [0.3, 0.4) is 0 Å². The Morgan fingerprint density at radius 3 is 2.83 bits per heavy atom. The van der Waals surface area contributed by atoms with Gasteiger partial charge in [0.2, 0.25) is 0 Å². The average molecular weight is 247 g/mol. The molecule has 1 aliphatic heterocycles. The van der Waals surface area contributed by atoms with E-state index >= 15 is 0 Å². The van der Waals surface area contributed by atoms with Gasteiger partial charge in [0, 0.05) is 23.8 Å². The van der Waals surface area contributed by atoms with Crippen LogP contribution in [0.5, 0.6) is 0 Å². The largest absolute Gasteiger partial charge is 0.399 e. The Kier molecular flexibility index (Phi) is 4.20. The predicted molar refractivity (Wildman–Crippen MR) is 73.5 cm³/mol. The maximum Gasteiger partial charge on any atom is 0.251 e. The van der Waals surface area contributed by atoms with Crippen LogP contribution in [0.2, 0.25) is 0 Å². The van der Waals surface area contributed by atoms with Crippen molar-refractivity contribution in [3.05, 3.63) is 29.8 Å². The third-order valence-electron chi connectivity index (χ3n) is 3.26. The molecule has 0 aromatic heterocycles. The number of rotatable bonds is 4. The lowest BCUT2D eigenvalue weighted by molar-refractivity contribution is 0.0932. The summed E-state index contributed by atoms with van der Waals surface area (Å²) in [6, 6.07) is 7.24. The van der Waals surface area contributed by atoms with Gasteiger partial charge in [-0.1, -0.05) is 6.07 Å². The van der Waals surface area contributed by atoms with Crippen molar-refractivity contribution >= 4 is 11.6 Å². The van der Waals surface area contributed by atoms with Crippen LogP contribution in [0.15, 0.2) is 24.3 Å². The summed E-state index contributed by atoms with van der Waals surface area (Å²) in [4.78, 5) is 14.4. The molecule has 0 aliphatic carbocycles. The van der Waals surface area contributed by atoms with Gasteiger partial charge in [-0.2, -0.15) is 0 Å². The summed E-state index contributed by atoms with van der Waals surface area (Å²) in [5.74, 6) is -0.0472. The number of anilines is 1. The highest BCUT2D eigenvalue weighted by Crippen LogP contribution is 2.09. The topological polar surface area (TPSA) is 58.4 Å². The van der Waals surface area contributed by atoms with E-state index in [1.54, 1.807) is 24.3 Å². The van der Waals surface area contributed by atoms with Gasteiger partial charge in [-0.3, -0.25) is 4.79 Å². The fourth-order valence-corrected chi connectivity index (χ4v) is 2.39. The molecule has 98 valence electrons. The molecule has 1 fully saturated rings. The molecule has 1 heterocycles. The zero-order chi connectivity index (χ0) is 13.0. The summed E-state index contributed by atoms with van der Waals surface area (Å²) in [5, 5.41) is 3.01. The van der Waals surface area contributed by atoms with E-state index in [0.717, 1.165) is 19.6 Å². The van der Waals surface area contributed by atoms with Crippen molar-refractivity contribution in [3.8, 4) is 0 Å². The van der Waals surface area contributed by atoms with Gasteiger partial charge in [0.1, 0.15) is 0 Å². The highest BCUT2D eigenvalue weighted by Gasteiger charge is 2.16. The van der Waals surface area contributed by atoms with Gasteiger partial charge in [-0.25, -0.2) is 0 Å². The van der Waals surface area contributed by atoms with Gasteiger partial charge < -0.3 is 16.0 Å². The molecule has 3 N–H and O–H groups in total. The number of nitrogens with one attached hydrogen (secondary N) is 1. The first kappa shape index (κ1) is 12.9. The van der Waals surface area contributed by atoms with Crippen LogP contribution in [0, 0.1) is 0 Å². The van der Waals surface area contributed by atoms with Gasteiger partial charge in [0.15, 0.2) is 0 Å². The van der Waals surface area contributed by atoms with Crippen LogP contribution < -0.4 is 11.1 Å². The quantitative estimate of drug-likeness (QED) is 0.792. The molecule has 2 rings (SSSR count). The molecule has 1 aromatic carbocycles. The van der Waals surface area contributed by atoms with Crippen LogP contribution in [-0.4, -0.2) is 36.5 Å². The van der Waals surface area contributed by atoms with Gasteiger partial charge in [-0.05, 0) is 51.1 Å². The fraction of sp³-hybridized carbons (Fsp3) is 0.500. The number of hydrogen-bond donors (Lipinski definition) is 2. The van der Waals surface area contributed by atoms with E-state index in [1.165, 1.54) is 12.8 Å². The molecular weight excluding hydrogens is 226 g/mol. The van der Waals surface area contributed by atoms with Crippen LogP contribution in [0.1, 0.15) is 30.1 Å². The summed E-state index contributed by atoms with van der Waals surface area (Å²) < 4.78 is 0. The summed E-state index contributed by atoms with van der Waals surface area (Å²) in [6.07, 6.45) is 2.55. The van der Waals surface area contributed by atoms with E-state index in [-0.39, 0.29) is 11.9 Å². The minimum atomic E-state index is -0.0472. The number of nitrogens with zero attached hydrogens (tertiary/aromatic N) is 1. The molecular formula is C14H21N3O. The van der Waals surface area contributed by atoms with E-state index in [4.69, 9.17) is 5.73 Å². The number of likely N-dealkylation sites (tertiary alicyclic amines) is 1. The minimum absolute atomic E-state index is 0.0472. The first-order valence-electron chi connectivity index (χ1n) is 6.54. The SMILES string of the molecule is CC(CN1CCCC1)NC(=O)c1cccc(N)c1. The Labute approximate surface area is 108 Å². The molecule has 0 spiro atoms. The van der Waals surface area contributed by atoms with Crippen LogP contribution in [0.4, 0.5) is 5.69 Å². The first-order valence-corrected chi connectivity index (χ1v) is 6.54. The molecule has 1 aromatic rings. The van der Waals surface area contributed by atoms with Crippen molar-refractivity contribution in [2.45, 2.75) is 25.8 Å². The number of nitrogens with two attached hydrogens (primary N) is 1. The first-order chi connectivity index (χ1) is 8.65. The van der Waals surface area contributed by atoms with Crippen molar-refractivity contribution in [2.75, 3.05) is 25.4 Å². The molecule has 4 heteroatoms. The predicted octanol–water partition coefficient (Wildman–Crippen LogP) is 1.48. The second kappa shape index (κ2) is 5.87. The van der Waals surface area contributed by atoms with Crippen LogP contribution in [-0.2, 0) is 0 Å². The van der Waals surface area contributed by atoms with Crippen molar-refractivity contribution in [1.82, 2.24) is 10.2 Å². The highest BCUT2D eigenvalue weighted by molar-refractivity contribution is 5.95. The Balaban J connectivity index is 1.86. The second-order valence-electron chi connectivity index (χ2n) is 5.01. The molecule has 1 atom stereocenters. The Morgan fingerprint density at radius 1 is 1.44 bits per heavy atom. The molecule has 1 amide bonds. The fourth-order valence-electron chi connectivity index (χ4n) is 2.39. The van der Waals surface area contributed by atoms with Gasteiger partial charge >= 0.3 is 0 Å². The number of carbonyl (C=O) groups excluding carboxylic acids is 1. The van der Waals surface area contributed by atoms with Crippen molar-refractivity contribution < 1.29 is 4.79 Å². The lowest BCUT2D eigenvalue weighted by Gasteiger charge is -2.21. The van der Waals surface area contributed by atoms with E-state index in [0.29, 0.717) is 11.3 Å². The van der Waals surface area contributed by atoms with E-state index < -0.39 is 0 Å². The normalized spacial score (nSPS) is 17.6. The molecule has 18 heavy (non-hydrogen) atoms. The molecule has 0 bridgehead atoms. The summed E-state index contributed by atoms with van der Waals surface area (Å²) in [5.41, 5.74) is 6.92. The Morgan fingerprint density at radius 2 is 2.17 bits per heavy atom. The maximum atomic E-state index is 12.0. The van der Waals surface area contributed by atoms with Crippen molar-refractivity contribution in [1.29, 1.82) is 0 Å². The van der Waals surface area contributed by atoms with Gasteiger partial charge in [0.25, 0.3) is 5.91 Å². The average Bonchev–Trinajstić information content (AvgIpc) is 2.81. The molecule has 4 nitrogen and oxygen atoms in total. The third kappa shape index (κ3) is 3.47. The smallest absolute Gasteiger partial charge is 0.251 e. The molecule has 1 unspecified atom stereocenters. The maximum absolute atomic E-state index is 12.0. The standard InChI is InChI=1S/C14H21N3O/c1-11(10-17-7-2-3-8-17)16-14(18)12-5-4-6-13(15)9-12/h4-6,9,11H,2-3,7-8,10,15H2,1H3,(H,16,18). The number of carbonyl (C=O) groups is 1. The lowest BCUT2D eigenvalue weighted by Crippen LogP contribution is -2.41. The summed E-state index contributed by atoms with van der Waals surface area (Å²) in [7, 11) is 0. The zero-order valence-corrected chi connectivity index (χ0v) is 10.9. The van der Waals surface area contributed by atoms with E-state index in [2.05, 4.69) is 10.2 Å².